The van der Waals surface area contributed by atoms with E-state index < -0.39 is 0 Å². The summed E-state index contributed by atoms with van der Waals surface area (Å²) in [5.74, 6) is 3.37. The standard InChI is InChI=1S/C26H30O2S6/c1-19(2)25(27)29-15-23(33-21-11-7-5-8-12-21)17-31-32-18-24(16-30-26(28)20(3)4)34-22-13-9-6-10-14-22/h5-14,23-24H,1,3,15-18H2,2,4H3. The van der Waals surface area contributed by atoms with Crippen LogP contribution in [0.3, 0.4) is 0 Å². The van der Waals surface area contributed by atoms with E-state index in [2.05, 4.69) is 37.4 Å². The Kier molecular flexibility index (Phi) is 14.7. The largest absolute Gasteiger partial charge is 0.282 e. The number of benzene rings is 2. The maximum absolute atomic E-state index is 12.1. The zero-order valence-corrected chi connectivity index (χ0v) is 24.3. The van der Waals surface area contributed by atoms with Gasteiger partial charge in [-0.05, 0) is 49.3 Å². The third kappa shape index (κ3) is 12.4. The average molecular weight is 567 g/mol. The Balaban J connectivity index is 1.90. The number of thioether (sulfide) groups is 4. The molecule has 0 aromatic heterocycles. The molecule has 8 heteroatoms. The molecule has 2 nitrogen and oxygen atoms in total. The van der Waals surface area contributed by atoms with E-state index in [9.17, 15) is 9.59 Å². The van der Waals surface area contributed by atoms with E-state index in [4.69, 9.17) is 0 Å². The van der Waals surface area contributed by atoms with Gasteiger partial charge in [0.1, 0.15) is 0 Å². The summed E-state index contributed by atoms with van der Waals surface area (Å²) in [6, 6.07) is 20.7. The van der Waals surface area contributed by atoms with E-state index in [1.165, 1.54) is 33.3 Å². The molecule has 0 amide bonds. The van der Waals surface area contributed by atoms with Gasteiger partial charge in [0.2, 0.25) is 10.2 Å². The Morgan fingerprint density at radius 2 is 1.00 bits per heavy atom. The van der Waals surface area contributed by atoms with Crippen molar-refractivity contribution in [3.05, 3.63) is 85.0 Å². The first-order valence-corrected chi connectivity index (χ1v) is 16.9. The van der Waals surface area contributed by atoms with E-state index >= 15 is 0 Å². The molecule has 0 aliphatic rings. The molecule has 2 aromatic carbocycles. The highest BCUT2D eigenvalue weighted by Crippen LogP contribution is 2.36. The molecule has 0 saturated carbocycles. The molecule has 0 aliphatic heterocycles. The van der Waals surface area contributed by atoms with Gasteiger partial charge in [-0.25, -0.2) is 0 Å². The lowest BCUT2D eigenvalue weighted by Gasteiger charge is -2.18. The molecular formula is C26H30O2S6. The van der Waals surface area contributed by atoms with Crippen molar-refractivity contribution in [2.45, 2.75) is 34.1 Å². The van der Waals surface area contributed by atoms with Crippen LogP contribution in [0.15, 0.2) is 94.8 Å². The Bertz CT molecular complexity index is 855. The summed E-state index contributed by atoms with van der Waals surface area (Å²) in [4.78, 5) is 26.6. The Morgan fingerprint density at radius 1 is 0.647 bits per heavy atom. The summed E-state index contributed by atoms with van der Waals surface area (Å²) in [6.45, 7) is 11.1. The van der Waals surface area contributed by atoms with Gasteiger partial charge in [-0.1, -0.05) is 94.7 Å². The lowest BCUT2D eigenvalue weighted by molar-refractivity contribution is -0.108. The highest BCUT2D eigenvalue weighted by atomic mass is 33.1. The first-order chi connectivity index (χ1) is 16.3. The van der Waals surface area contributed by atoms with Crippen LogP contribution in [0.2, 0.25) is 0 Å². The normalized spacial score (nSPS) is 12.6. The van der Waals surface area contributed by atoms with E-state index in [0.29, 0.717) is 21.6 Å². The van der Waals surface area contributed by atoms with Crippen LogP contribution in [0.1, 0.15) is 13.8 Å². The summed E-state index contributed by atoms with van der Waals surface area (Å²) in [7, 11) is 3.69. The first kappa shape index (κ1) is 29.6. The van der Waals surface area contributed by atoms with Gasteiger partial charge < -0.3 is 0 Å². The predicted molar refractivity (Wildman–Crippen MR) is 162 cm³/mol. The molecule has 0 heterocycles. The van der Waals surface area contributed by atoms with Crippen LogP contribution in [0.4, 0.5) is 0 Å². The van der Waals surface area contributed by atoms with E-state index in [0.717, 1.165) is 23.0 Å². The van der Waals surface area contributed by atoms with Gasteiger partial charge in [0.15, 0.2) is 0 Å². The molecule has 2 aromatic rings. The zero-order chi connectivity index (χ0) is 24.8. The minimum absolute atomic E-state index is 0.0647. The van der Waals surface area contributed by atoms with Crippen molar-refractivity contribution >= 4 is 78.9 Å². The third-order valence-electron chi connectivity index (χ3n) is 4.18. The maximum atomic E-state index is 12.1. The Hall–Kier alpha value is -0.640. The van der Waals surface area contributed by atoms with Crippen LogP contribution in [-0.2, 0) is 9.59 Å². The molecule has 2 atom stereocenters. The van der Waals surface area contributed by atoms with Gasteiger partial charge in [0, 0.05) is 43.3 Å². The summed E-state index contributed by atoms with van der Waals surface area (Å²) < 4.78 is 0. The van der Waals surface area contributed by atoms with Gasteiger partial charge in [0.05, 0.1) is 0 Å². The molecule has 0 saturated heterocycles. The molecule has 0 N–H and O–H groups in total. The molecule has 182 valence electrons. The summed E-state index contributed by atoms with van der Waals surface area (Å²) in [5.41, 5.74) is 1.19. The fraction of sp³-hybridized carbons (Fsp3) is 0.308. The Labute approximate surface area is 229 Å². The average Bonchev–Trinajstić information content (AvgIpc) is 2.83. The van der Waals surface area contributed by atoms with E-state index in [1.807, 2.05) is 81.5 Å². The van der Waals surface area contributed by atoms with Crippen LogP contribution in [0.5, 0.6) is 0 Å². The van der Waals surface area contributed by atoms with Crippen molar-refractivity contribution in [1.82, 2.24) is 0 Å². The fourth-order valence-corrected chi connectivity index (χ4v) is 10.3. The van der Waals surface area contributed by atoms with Gasteiger partial charge in [-0.2, -0.15) is 0 Å². The number of carbonyl (C=O) groups is 2. The van der Waals surface area contributed by atoms with Crippen molar-refractivity contribution in [3.8, 4) is 0 Å². The van der Waals surface area contributed by atoms with Crippen molar-refractivity contribution in [3.63, 3.8) is 0 Å². The molecule has 2 rings (SSSR count). The monoisotopic (exact) mass is 566 g/mol. The number of hydrogen-bond acceptors (Lipinski definition) is 8. The Morgan fingerprint density at radius 3 is 1.32 bits per heavy atom. The van der Waals surface area contributed by atoms with Crippen LogP contribution in [0.25, 0.3) is 0 Å². The van der Waals surface area contributed by atoms with Gasteiger partial charge in [0.25, 0.3) is 0 Å². The molecule has 0 bridgehead atoms. The second-order valence-corrected chi connectivity index (χ2v) is 14.7. The van der Waals surface area contributed by atoms with Crippen molar-refractivity contribution in [1.29, 1.82) is 0 Å². The third-order valence-corrected chi connectivity index (χ3v) is 12.4. The molecule has 2 unspecified atom stereocenters. The van der Waals surface area contributed by atoms with Crippen molar-refractivity contribution in [2.75, 3.05) is 23.0 Å². The first-order valence-electron chi connectivity index (χ1n) is 10.7. The lowest BCUT2D eigenvalue weighted by Crippen LogP contribution is -2.13. The SMILES string of the molecule is C=C(C)C(=O)SCC(CSSCC(CSC(=O)C(=C)C)Sc1ccccc1)Sc1ccccc1. The zero-order valence-electron chi connectivity index (χ0n) is 19.4. The van der Waals surface area contributed by atoms with Gasteiger partial charge >= 0.3 is 0 Å². The second-order valence-electron chi connectivity index (χ2n) is 7.43. The summed E-state index contributed by atoms with van der Waals surface area (Å²) in [5, 5.41) is 0.755. The number of hydrogen-bond donors (Lipinski definition) is 0. The molecule has 0 fully saturated rings. The fourth-order valence-electron chi connectivity index (χ4n) is 2.45. The molecule has 0 spiro atoms. The second kappa shape index (κ2) is 16.9. The highest BCUT2D eigenvalue weighted by Gasteiger charge is 2.17. The maximum Gasteiger partial charge on any atom is 0.214 e. The van der Waals surface area contributed by atoms with Crippen LogP contribution in [0, 0.1) is 0 Å². The number of carbonyl (C=O) groups excluding carboxylic acids is 2. The van der Waals surface area contributed by atoms with Crippen molar-refractivity contribution in [2.24, 2.45) is 0 Å². The lowest BCUT2D eigenvalue weighted by atomic mass is 10.4. The van der Waals surface area contributed by atoms with Crippen LogP contribution < -0.4 is 0 Å². The molecule has 0 radical (unpaired) electrons. The summed E-state index contributed by atoms with van der Waals surface area (Å²) in [6.07, 6.45) is 0. The van der Waals surface area contributed by atoms with E-state index in [-0.39, 0.29) is 10.2 Å². The predicted octanol–water partition coefficient (Wildman–Crippen LogP) is 8.36. The minimum Gasteiger partial charge on any atom is -0.282 e. The quantitative estimate of drug-likeness (QED) is 0.0920. The molecule has 34 heavy (non-hydrogen) atoms. The molecular weight excluding hydrogens is 537 g/mol. The smallest absolute Gasteiger partial charge is 0.214 e. The topological polar surface area (TPSA) is 34.1 Å². The highest BCUT2D eigenvalue weighted by molar-refractivity contribution is 8.76. The van der Waals surface area contributed by atoms with Crippen LogP contribution >= 0.6 is 68.6 Å². The van der Waals surface area contributed by atoms with Crippen molar-refractivity contribution < 1.29 is 9.59 Å². The van der Waals surface area contributed by atoms with Crippen LogP contribution in [-0.4, -0.2) is 43.7 Å². The number of rotatable bonds is 15. The summed E-state index contributed by atoms with van der Waals surface area (Å²) >= 11 is 6.36. The minimum atomic E-state index is 0.0647. The van der Waals surface area contributed by atoms with E-state index in [1.54, 1.807) is 13.8 Å². The molecule has 0 aliphatic carbocycles. The van der Waals surface area contributed by atoms with Gasteiger partial charge in [-0.15, -0.1) is 23.5 Å². The van der Waals surface area contributed by atoms with Gasteiger partial charge in [-0.3, -0.25) is 9.59 Å².